The van der Waals surface area contributed by atoms with Crippen molar-refractivity contribution in [1.29, 1.82) is 0 Å². The quantitative estimate of drug-likeness (QED) is 0.729. The summed E-state index contributed by atoms with van der Waals surface area (Å²) in [5.41, 5.74) is 2.72. The van der Waals surface area contributed by atoms with Crippen molar-refractivity contribution in [3.8, 4) is 5.75 Å². The summed E-state index contributed by atoms with van der Waals surface area (Å²) in [5, 5.41) is 5.59. The number of rotatable bonds is 6. The van der Waals surface area contributed by atoms with Gasteiger partial charge >= 0.3 is 0 Å². The summed E-state index contributed by atoms with van der Waals surface area (Å²) in [6, 6.07) is 10.6. The van der Waals surface area contributed by atoms with Gasteiger partial charge in [0.25, 0.3) is 5.91 Å². The van der Waals surface area contributed by atoms with Crippen LogP contribution >= 0.6 is 15.9 Å². The SMILES string of the molecule is CCCOc1ccc(C(=O)Nc2ccc(C)c(NC(C)=O)c2)cc1Br. The summed E-state index contributed by atoms with van der Waals surface area (Å²) >= 11 is 3.43. The molecular weight excluding hydrogens is 384 g/mol. The molecule has 0 fully saturated rings. The Morgan fingerprint density at radius 1 is 1.12 bits per heavy atom. The minimum absolute atomic E-state index is 0.154. The van der Waals surface area contributed by atoms with Crippen LogP contribution in [0.25, 0.3) is 0 Å². The van der Waals surface area contributed by atoms with Crippen LogP contribution in [-0.2, 0) is 4.79 Å². The Morgan fingerprint density at radius 2 is 1.88 bits per heavy atom. The Kier molecular flexibility index (Phi) is 6.58. The topological polar surface area (TPSA) is 67.4 Å². The van der Waals surface area contributed by atoms with Crippen LogP contribution in [0.3, 0.4) is 0 Å². The van der Waals surface area contributed by atoms with Crippen LogP contribution in [0.1, 0.15) is 36.2 Å². The molecule has 2 N–H and O–H groups in total. The lowest BCUT2D eigenvalue weighted by Crippen LogP contribution is -2.13. The van der Waals surface area contributed by atoms with Crippen LogP contribution in [0.5, 0.6) is 5.75 Å². The van der Waals surface area contributed by atoms with E-state index in [9.17, 15) is 9.59 Å². The van der Waals surface area contributed by atoms with Crippen LogP contribution in [0.2, 0.25) is 0 Å². The third-order valence-corrected chi connectivity index (χ3v) is 4.08. The summed E-state index contributed by atoms with van der Waals surface area (Å²) in [7, 11) is 0. The lowest BCUT2D eigenvalue weighted by Gasteiger charge is -2.12. The summed E-state index contributed by atoms with van der Waals surface area (Å²) in [6.45, 7) is 6.00. The number of hydrogen-bond donors (Lipinski definition) is 2. The highest BCUT2D eigenvalue weighted by Crippen LogP contribution is 2.27. The smallest absolute Gasteiger partial charge is 0.255 e. The van der Waals surface area contributed by atoms with Gasteiger partial charge in [-0.05, 0) is 65.2 Å². The van der Waals surface area contributed by atoms with E-state index < -0.39 is 0 Å². The van der Waals surface area contributed by atoms with Gasteiger partial charge in [-0.2, -0.15) is 0 Å². The van der Waals surface area contributed by atoms with Crippen LogP contribution in [-0.4, -0.2) is 18.4 Å². The molecule has 25 heavy (non-hydrogen) atoms. The van der Waals surface area contributed by atoms with Crippen molar-refractivity contribution in [2.45, 2.75) is 27.2 Å². The van der Waals surface area contributed by atoms with Gasteiger partial charge in [-0.25, -0.2) is 0 Å². The van der Waals surface area contributed by atoms with E-state index in [0.29, 0.717) is 29.3 Å². The largest absolute Gasteiger partial charge is 0.492 e. The minimum atomic E-state index is -0.236. The predicted octanol–water partition coefficient (Wildman–Crippen LogP) is 4.76. The Hall–Kier alpha value is -2.34. The molecule has 2 aromatic rings. The zero-order chi connectivity index (χ0) is 18.4. The van der Waals surface area contributed by atoms with Crippen molar-refractivity contribution in [3.63, 3.8) is 0 Å². The number of benzene rings is 2. The summed E-state index contributed by atoms with van der Waals surface area (Å²) < 4.78 is 6.32. The number of halogens is 1. The number of anilines is 2. The number of ether oxygens (including phenoxy) is 1. The second-order valence-corrected chi connectivity index (χ2v) is 6.51. The summed E-state index contributed by atoms with van der Waals surface area (Å²) in [6.07, 6.45) is 0.915. The van der Waals surface area contributed by atoms with E-state index in [1.807, 2.05) is 19.9 Å². The van der Waals surface area contributed by atoms with E-state index in [4.69, 9.17) is 4.74 Å². The standard InChI is InChI=1S/C19H21BrN2O3/c1-4-9-25-18-8-6-14(10-16(18)20)19(24)22-15-7-5-12(2)17(11-15)21-13(3)23/h5-8,10-11H,4,9H2,1-3H3,(H,21,23)(H,22,24). The van der Waals surface area contributed by atoms with Gasteiger partial charge in [0.1, 0.15) is 5.75 Å². The van der Waals surface area contributed by atoms with Crippen molar-refractivity contribution in [1.82, 2.24) is 0 Å². The van der Waals surface area contributed by atoms with Crippen molar-refractivity contribution >= 4 is 39.1 Å². The molecule has 0 unspecified atom stereocenters. The normalized spacial score (nSPS) is 10.2. The third-order valence-electron chi connectivity index (χ3n) is 3.46. The highest BCUT2D eigenvalue weighted by molar-refractivity contribution is 9.10. The van der Waals surface area contributed by atoms with Crippen LogP contribution in [0.4, 0.5) is 11.4 Å². The minimum Gasteiger partial charge on any atom is -0.492 e. The molecule has 0 aliphatic rings. The van der Waals surface area contributed by atoms with E-state index >= 15 is 0 Å². The van der Waals surface area contributed by atoms with E-state index in [1.54, 1.807) is 30.3 Å². The molecule has 0 saturated carbocycles. The second-order valence-electron chi connectivity index (χ2n) is 5.66. The fourth-order valence-corrected chi connectivity index (χ4v) is 2.69. The van der Waals surface area contributed by atoms with Gasteiger partial charge in [0.05, 0.1) is 11.1 Å². The number of nitrogens with one attached hydrogen (secondary N) is 2. The van der Waals surface area contributed by atoms with Gasteiger partial charge in [0, 0.05) is 23.9 Å². The lowest BCUT2D eigenvalue weighted by atomic mass is 10.1. The molecule has 0 aliphatic heterocycles. The maximum absolute atomic E-state index is 12.4. The van der Waals surface area contributed by atoms with Crippen molar-refractivity contribution in [3.05, 3.63) is 52.0 Å². The molecule has 0 spiro atoms. The molecule has 0 radical (unpaired) electrons. The molecule has 0 aromatic heterocycles. The van der Waals surface area contributed by atoms with E-state index in [1.165, 1.54) is 6.92 Å². The van der Waals surface area contributed by atoms with Crippen molar-refractivity contribution in [2.24, 2.45) is 0 Å². The Balaban J connectivity index is 2.14. The maximum atomic E-state index is 12.4. The van der Waals surface area contributed by atoms with Gasteiger partial charge in [-0.1, -0.05) is 13.0 Å². The summed E-state index contributed by atoms with van der Waals surface area (Å²) in [5.74, 6) is 0.320. The molecule has 2 aromatic carbocycles. The molecule has 6 heteroatoms. The fourth-order valence-electron chi connectivity index (χ4n) is 2.20. The van der Waals surface area contributed by atoms with Gasteiger partial charge in [0.2, 0.25) is 5.91 Å². The highest BCUT2D eigenvalue weighted by Gasteiger charge is 2.11. The molecule has 0 atom stereocenters. The number of aryl methyl sites for hydroxylation is 1. The first kappa shape index (κ1) is 19.0. The molecular formula is C19H21BrN2O3. The molecule has 2 amide bonds. The van der Waals surface area contributed by atoms with E-state index in [-0.39, 0.29) is 11.8 Å². The molecule has 2 rings (SSSR count). The van der Waals surface area contributed by atoms with Gasteiger partial charge < -0.3 is 15.4 Å². The zero-order valence-electron chi connectivity index (χ0n) is 14.5. The van der Waals surface area contributed by atoms with E-state index in [0.717, 1.165) is 16.5 Å². The van der Waals surface area contributed by atoms with E-state index in [2.05, 4.69) is 26.6 Å². The average molecular weight is 405 g/mol. The second kappa shape index (κ2) is 8.67. The van der Waals surface area contributed by atoms with Gasteiger partial charge in [0.15, 0.2) is 0 Å². The number of carbonyl (C=O) groups excluding carboxylic acids is 2. The molecule has 0 bridgehead atoms. The number of carbonyl (C=O) groups is 2. The summed E-state index contributed by atoms with van der Waals surface area (Å²) in [4.78, 5) is 23.7. The van der Waals surface area contributed by atoms with Crippen molar-refractivity contribution in [2.75, 3.05) is 17.2 Å². The first-order valence-corrected chi connectivity index (χ1v) is 8.82. The van der Waals surface area contributed by atoms with Gasteiger partial charge in [-0.3, -0.25) is 9.59 Å². The lowest BCUT2D eigenvalue weighted by molar-refractivity contribution is -0.114. The Labute approximate surface area is 155 Å². The monoisotopic (exact) mass is 404 g/mol. The number of hydrogen-bond acceptors (Lipinski definition) is 3. The average Bonchev–Trinajstić information content (AvgIpc) is 2.56. The molecule has 0 aliphatic carbocycles. The van der Waals surface area contributed by atoms with Crippen LogP contribution < -0.4 is 15.4 Å². The maximum Gasteiger partial charge on any atom is 0.255 e. The molecule has 0 heterocycles. The molecule has 5 nitrogen and oxygen atoms in total. The van der Waals surface area contributed by atoms with Gasteiger partial charge in [-0.15, -0.1) is 0 Å². The predicted molar refractivity (Wildman–Crippen MR) is 103 cm³/mol. The van der Waals surface area contributed by atoms with Crippen molar-refractivity contribution < 1.29 is 14.3 Å². The first-order valence-electron chi connectivity index (χ1n) is 8.02. The number of amides is 2. The highest BCUT2D eigenvalue weighted by atomic mass is 79.9. The molecule has 132 valence electrons. The molecule has 0 saturated heterocycles. The first-order chi connectivity index (χ1) is 11.9. The van der Waals surface area contributed by atoms with Crippen LogP contribution in [0, 0.1) is 6.92 Å². The Bertz CT molecular complexity index is 790. The Morgan fingerprint density at radius 3 is 2.52 bits per heavy atom. The van der Waals surface area contributed by atoms with Crippen LogP contribution in [0.15, 0.2) is 40.9 Å². The third kappa shape index (κ3) is 5.32. The fraction of sp³-hybridized carbons (Fsp3) is 0.263. The zero-order valence-corrected chi connectivity index (χ0v) is 16.1.